The largest absolute Gasteiger partial charge is 0.318 e. The molecule has 1 aliphatic carbocycles. The number of aryl methyl sites for hydroxylation is 4. The molecule has 1 aromatic heterocycles. The fourth-order valence-corrected chi connectivity index (χ4v) is 3.91. The quantitative estimate of drug-likeness (QED) is 0.905. The molecule has 1 heterocycles. The van der Waals surface area contributed by atoms with Crippen molar-refractivity contribution >= 4 is 11.3 Å². The van der Waals surface area contributed by atoms with Crippen molar-refractivity contribution in [1.82, 2.24) is 4.98 Å². The summed E-state index contributed by atoms with van der Waals surface area (Å²) in [4.78, 5) is 6.25. The number of hydrogen-bond donors (Lipinski definition) is 1. The number of rotatable bonds is 2. The van der Waals surface area contributed by atoms with Crippen molar-refractivity contribution in [2.45, 2.75) is 45.6 Å². The van der Waals surface area contributed by atoms with E-state index in [9.17, 15) is 0 Å². The van der Waals surface area contributed by atoms with Gasteiger partial charge in [0.1, 0.15) is 5.01 Å². The molecule has 1 aliphatic rings. The highest BCUT2D eigenvalue weighted by atomic mass is 32.1. The van der Waals surface area contributed by atoms with Gasteiger partial charge in [-0.3, -0.25) is 0 Å². The Morgan fingerprint density at radius 1 is 1.21 bits per heavy atom. The lowest BCUT2D eigenvalue weighted by Crippen LogP contribution is -2.13. The van der Waals surface area contributed by atoms with E-state index in [1.54, 1.807) is 0 Å². The maximum Gasteiger partial charge on any atom is 0.114 e. The summed E-state index contributed by atoms with van der Waals surface area (Å²) in [6, 6.07) is 6.41. The molecule has 3 rings (SSSR count). The first kappa shape index (κ1) is 12.8. The van der Waals surface area contributed by atoms with Crippen LogP contribution in [0.4, 0.5) is 0 Å². The van der Waals surface area contributed by atoms with Crippen LogP contribution in [0.2, 0.25) is 0 Å². The number of benzene rings is 1. The van der Waals surface area contributed by atoms with Crippen molar-refractivity contribution in [2.75, 3.05) is 0 Å². The Labute approximate surface area is 118 Å². The SMILES string of the molecule is Cc1ccc(C)c(C(N)c2nc3c(s2)CCCC3)c1. The molecule has 0 bridgehead atoms. The normalized spacial score (nSPS) is 16.2. The van der Waals surface area contributed by atoms with E-state index in [2.05, 4.69) is 32.0 Å². The van der Waals surface area contributed by atoms with Crippen LogP contribution in [0.25, 0.3) is 0 Å². The first-order chi connectivity index (χ1) is 9.15. The van der Waals surface area contributed by atoms with E-state index in [-0.39, 0.29) is 6.04 Å². The zero-order valence-electron chi connectivity index (χ0n) is 11.6. The molecule has 2 nitrogen and oxygen atoms in total. The van der Waals surface area contributed by atoms with Gasteiger partial charge in [0, 0.05) is 4.88 Å². The summed E-state index contributed by atoms with van der Waals surface area (Å²) in [7, 11) is 0. The van der Waals surface area contributed by atoms with Crippen LogP contribution in [-0.4, -0.2) is 4.98 Å². The third kappa shape index (κ3) is 2.45. The summed E-state index contributed by atoms with van der Waals surface area (Å²) in [6.45, 7) is 4.24. The second-order valence-corrected chi connectivity index (χ2v) is 6.58. The van der Waals surface area contributed by atoms with Crippen LogP contribution < -0.4 is 5.73 Å². The Bertz CT molecular complexity index is 577. The molecule has 2 N–H and O–H groups in total. The second-order valence-electron chi connectivity index (χ2n) is 5.47. The van der Waals surface area contributed by atoms with Gasteiger partial charge in [0.2, 0.25) is 0 Å². The van der Waals surface area contributed by atoms with Crippen molar-refractivity contribution in [2.24, 2.45) is 5.73 Å². The smallest absolute Gasteiger partial charge is 0.114 e. The van der Waals surface area contributed by atoms with Crippen LogP contribution in [0.15, 0.2) is 18.2 Å². The Balaban J connectivity index is 1.97. The summed E-state index contributed by atoms with van der Waals surface area (Å²) >= 11 is 1.82. The molecule has 2 aromatic rings. The Morgan fingerprint density at radius 3 is 2.79 bits per heavy atom. The van der Waals surface area contributed by atoms with Crippen molar-refractivity contribution in [1.29, 1.82) is 0 Å². The summed E-state index contributed by atoms with van der Waals surface area (Å²) < 4.78 is 0. The monoisotopic (exact) mass is 272 g/mol. The molecular weight excluding hydrogens is 252 g/mol. The average Bonchev–Trinajstić information content (AvgIpc) is 2.84. The van der Waals surface area contributed by atoms with Crippen molar-refractivity contribution in [3.8, 4) is 0 Å². The Hall–Kier alpha value is -1.19. The fraction of sp³-hybridized carbons (Fsp3) is 0.438. The molecule has 3 heteroatoms. The molecule has 0 amide bonds. The highest BCUT2D eigenvalue weighted by molar-refractivity contribution is 7.11. The molecule has 1 atom stereocenters. The van der Waals surface area contributed by atoms with Crippen LogP contribution in [-0.2, 0) is 12.8 Å². The molecule has 100 valence electrons. The molecular formula is C16H20N2S. The zero-order chi connectivity index (χ0) is 13.4. The lowest BCUT2D eigenvalue weighted by atomic mass is 9.99. The molecule has 1 unspecified atom stereocenters. The minimum Gasteiger partial charge on any atom is -0.318 e. The van der Waals surface area contributed by atoms with Gasteiger partial charge < -0.3 is 5.73 Å². The molecule has 0 saturated carbocycles. The standard InChI is InChI=1S/C16H20N2S/c1-10-7-8-11(2)12(9-10)15(17)16-18-13-5-3-4-6-14(13)19-16/h7-9,15H,3-6,17H2,1-2H3. The van der Waals surface area contributed by atoms with Gasteiger partial charge >= 0.3 is 0 Å². The van der Waals surface area contributed by atoms with Crippen molar-refractivity contribution < 1.29 is 0 Å². The number of hydrogen-bond acceptors (Lipinski definition) is 3. The minimum absolute atomic E-state index is 0.0736. The number of fused-ring (bicyclic) bond motifs is 1. The highest BCUT2D eigenvalue weighted by Gasteiger charge is 2.20. The van der Waals surface area contributed by atoms with Gasteiger partial charge in [-0.2, -0.15) is 0 Å². The van der Waals surface area contributed by atoms with Gasteiger partial charge in [0.15, 0.2) is 0 Å². The van der Waals surface area contributed by atoms with Crippen LogP contribution in [0.1, 0.15) is 51.2 Å². The van der Waals surface area contributed by atoms with E-state index in [1.165, 1.54) is 46.5 Å². The zero-order valence-corrected chi connectivity index (χ0v) is 12.4. The van der Waals surface area contributed by atoms with Gasteiger partial charge in [-0.05, 0) is 50.7 Å². The van der Waals surface area contributed by atoms with Crippen molar-refractivity contribution in [3.63, 3.8) is 0 Å². The molecule has 0 spiro atoms. The predicted octanol–water partition coefficient (Wildman–Crippen LogP) is 3.69. The van der Waals surface area contributed by atoms with Crippen molar-refractivity contribution in [3.05, 3.63) is 50.5 Å². The molecule has 0 radical (unpaired) electrons. The van der Waals surface area contributed by atoms with Crippen LogP contribution in [0.5, 0.6) is 0 Å². The molecule has 0 saturated heterocycles. The lowest BCUT2D eigenvalue weighted by molar-refractivity contribution is 0.678. The van der Waals surface area contributed by atoms with E-state index >= 15 is 0 Å². The summed E-state index contributed by atoms with van der Waals surface area (Å²) in [6.07, 6.45) is 4.89. The highest BCUT2D eigenvalue weighted by Crippen LogP contribution is 2.32. The number of nitrogens with two attached hydrogens (primary N) is 1. The fourth-order valence-electron chi connectivity index (χ4n) is 2.73. The van der Waals surface area contributed by atoms with Gasteiger partial charge in [-0.1, -0.05) is 23.8 Å². The van der Waals surface area contributed by atoms with Crippen LogP contribution in [0, 0.1) is 13.8 Å². The molecule has 0 aliphatic heterocycles. The minimum atomic E-state index is -0.0736. The first-order valence-corrected chi connectivity index (χ1v) is 7.78. The second kappa shape index (κ2) is 5.06. The molecule has 19 heavy (non-hydrogen) atoms. The third-order valence-electron chi connectivity index (χ3n) is 3.90. The van der Waals surface area contributed by atoms with Gasteiger partial charge in [0.25, 0.3) is 0 Å². The number of aromatic nitrogens is 1. The Morgan fingerprint density at radius 2 is 2.00 bits per heavy atom. The summed E-state index contributed by atoms with van der Waals surface area (Å²) in [5.74, 6) is 0. The van der Waals surface area contributed by atoms with Crippen LogP contribution in [0.3, 0.4) is 0 Å². The van der Waals surface area contributed by atoms with E-state index < -0.39 is 0 Å². The van der Waals surface area contributed by atoms with Gasteiger partial charge in [0.05, 0.1) is 11.7 Å². The molecule has 0 fully saturated rings. The van der Waals surface area contributed by atoms with E-state index in [0.717, 1.165) is 11.4 Å². The van der Waals surface area contributed by atoms with E-state index in [0.29, 0.717) is 0 Å². The topological polar surface area (TPSA) is 38.9 Å². The van der Waals surface area contributed by atoms with E-state index in [1.807, 2.05) is 11.3 Å². The van der Waals surface area contributed by atoms with Gasteiger partial charge in [-0.25, -0.2) is 4.98 Å². The lowest BCUT2D eigenvalue weighted by Gasteiger charge is -2.13. The number of thiazole rings is 1. The molecule has 1 aromatic carbocycles. The third-order valence-corrected chi connectivity index (χ3v) is 5.14. The van der Waals surface area contributed by atoms with Crippen LogP contribution >= 0.6 is 11.3 Å². The first-order valence-electron chi connectivity index (χ1n) is 6.96. The summed E-state index contributed by atoms with van der Waals surface area (Å²) in [5.41, 5.74) is 11.5. The maximum absolute atomic E-state index is 6.45. The number of nitrogens with zero attached hydrogens (tertiary/aromatic N) is 1. The van der Waals surface area contributed by atoms with Gasteiger partial charge in [-0.15, -0.1) is 11.3 Å². The summed E-state index contributed by atoms with van der Waals surface area (Å²) in [5, 5.41) is 1.08. The average molecular weight is 272 g/mol. The predicted molar refractivity (Wildman–Crippen MR) is 80.7 cm³/mol. The Kier molecular flexibility index (Phi) is 3.42. The van der Waals surface area contributed by atoms with E-state index in [4.69, 9.17) is 10.7 Å². The maximum atomic E-state index is 6.45.